The molecule has 0 radical (unpaired) electrons. The van der Waals surface area contributed by atoms with E-state index in [0.717, 1.165) is 22.8 Å². The third-order valence-electron chi connectivity index (χ3n) is 6.35. The quantitative estimate of drug-likeness (QED) is 0.307. The maximum atomic E-state index is 13.7. The highest BCUT2D eigenvalue weighted by molar-refractivity contribution is 6.33. The van der Waals surface area contributed by atoms with E-state index < -0.39 is 0 Å². The zero-order chi connectivity index (χ0) is 24.7. The molecule has 2 amide bonds. The summed E-state index contributed by atoms with van der Waals surface area (Å²) in [5, 5.41) is 4.48. The number of aryl methyl sites for hydroxylation is 1. The zero-order valence-electron chi connectivity index (χ0n) is 20.3. The van der Waals surface area contributed by atoms with Crippen LogP contribution in [0, 0.1) is 13.8 Å². The molecule has 1 aromatic carbocycles. The summed E-state index contributed by atoms with van der Waals surface area (Å²) >= 11 is 0. The molecule has 0 saturated carbocycles. The monoisotopic (exact) mass is 465 g/mol. The highest BCUT2D eigenvalue weighted by Gasteiger charge is 2.35. The first-order chi connectivity index (χ1) is 16.9. The molecular weight excluding hydrogens is 438 g/mol. The molecule has 0 saturated heterocycles. The lowest BCUT2D eigenvalue weighted by Gasteiger charge is -2.28. The van der Waals surface area contributed by atoms with Crippen molar-refractivity contribution in [1.82, 2.24) is 24.2 Å². The van der Waals surface area contributed by atoms with E-state index in [4.69, 9.17) is 0 Å². The van der Waals surface area contributed by atoms with Crippen molar-refractivity contribution < 1.29 is 9.59 Å². The summed E-state index contributed by atoms with van der Waals surface area (Å²) in [7, 11) is 0. The average Bonchev–Trinajstić information content (AvgIpc) is 3.44. The molecule has 4 heterocycles. The standard InChI is InChI=1S/C28H27N5O2/c1-18(2)33-26(12-14-30-33)32-19(3)15-21(20(32)4)16-25-23-10-5-6-11-24(23)27(34)31(28(25)35)17-22-9-7-8-13-29-22/h5-16,18H,17H2,1-4H3/b25-16-. The lowest BCUT2D eigenvalue weighted by molar-refractivity contribution is -0.123. The van der Waals surface area contributed by atoms with Crippen LogP contribution in [0.5, 0.6) is 0 Å². The van der Waals surface area contributed by atoms with Crippen molar-refractivity contribution in [2.24, 2.45) is 0 Å². The molecule has 7 heteroatoms. The van der Waals surface area contributed by atoms with Gasteiger partial charge in [-0.05, 0) is 69.2 Å². The molecular formula is C28H27N5O2. The van der Waals surface area contributed by atoms with Crippen LogP contribution in [-0.2, 0) is 11.3 Å². The summed E-state index contributed by atoms with van der Waals surface area (Å²) in [4.78, 5) is 32.5. The van der Waals surface area contributed by atoms with Crippen LogP contribution in [-0.4, -0.2) is 36.0 Å². The van der Waals surface area contributed by atoms with Gasteiger partial charge in [-0.1, -0.05) is 24.3 Å². The Kier molecular flexibility index (Phi) is 5.68. The highest BCUT2D eigenvalue weighted by atomic mass is 16.2. The number of imide groups is 1. The number of aromatic nitrogens is 4. The molecule has 3 aromatic heterocycles. The molecule has 0 bridgehead atoms. The Balaban J connectivity index is 1.62. The number of pyridine rings is 1. The molecule has 0 fully saturated rings. The van der Waals surface area contributed by atoms with Gasteiger partial charge < -0.3 is 4.57 Å². The Bertz CT molecular complexity index is 1460. The summed E-state index contributed by atoms with van der Waals surface area (Å²) in [5.74, 6) is 0.345. The fourth-order valence-electron chi connectivity index (χ4n) is 4.66. The number of hydrogen-bond donors (Lipinski definition) is 0. The molecule has 0 N–H and O–H groups in total. The van der Waals surface area contributed by atoms with Gasteiger partial charge in [0.15, 0.2) is 0 Å². The summed E-state index contributed by atoms with van der Waals surface area (Å²) in [6.45, 7) is 8.39. The van der Waals surface area contributed by atoms with Crippen LogP contribution >= 0.6 is 0 Å². The normalized spacial score (nSPS) is 14.8. The van der Waals surface area contributed by atoms with E-state index in [2.05, 4.69) is 34.6 Å². The smallest absolute Gasteiger partial charge is 0.261 e. The second-order valence-electron chi connectivity index (χ2n) is 9.01. The minimum absolute atomic E-state index is 0.122. The minimum atomic E-state index is -0.323. The summed E-state index contributed by atoms with van der Waals surface area (Å²) in [6, 6.07) is 17.0. The van der Waals surface area contributed by atoms with Crippen LogP contribution in [0.4, 0.5) is 0 Å². The van der Waals surface area contributed by atoms with Gasteiger partial charge in [0, 0.05) is 40.8 Å². The van der Waals surface area contributed by atoms with Crippen LogP contribution in [0.25, 0.3) is 17.5 Å². The van der Waals surface area contributed by atoms with Gasteiger partial charge in [0.2, 0.25) is 0 Å². The fourth-order valence-corrected chi connectivity index (χ4v) is 4.66. The van der Waals surface area contributed by atoms with Gasteiger partial charge in [0.05, 0.1) is 18.4 Å². The lowest BCUT2D eigenvalue weighted by Crippen LogP contribution is -2.41. The third kappa shape index (κ3) is 3.89. The van der Waals surface area contributed by atoms with Crippen molar-refractivity contribution in [1.29, 1.82) is 0 Å². The molecule has 5 rings (SSSR count). The van der Waals surface area contributed by atoms with Crippen LogP contribution in [0.15, 0.2) is 67.0 Å². The predicted octanol–water partition coefficient (Wildman–Crippen LogP) is 4.99. The number of carbonyl (C=O) groups is 2. The van der Waals surface area contributed by atoms with Gasteiger partial charge in [-0.3, -0.25) is 19.5 Å². The summed E-state index contributed by atoms with van der Waals surface area (Å²) in [6.07, 6.45) is 5.36. The van der Waals surface area contributed by atoms with Crippen molar-refractivity contribution in [3.8, 4) is 5.82 Å². The van der Waals surface area contributed by atoms with Gasteiger partial charge in [0.1, 0.15) is 5.82 Å². The third-order valence-corrected chi connectivity index (χ3v) is 6.35. The molecule has 0 unspecified atom stereocenters. The number of nitrogens with zero attached hydrogens (tertiary/aromatic N) is 5. The van der Waals surface area contributed by atoms with E-state index in [0.29, 0.717) is 22.4 Å². The van der Waals surface area contributed by atoms with Crippen molar-refractivity contribution in [2.75, 3.05) is 0 Å². The fraction of sp³-hybridized carbons (Fsp3) is 0.214. The maximum absolute atomic E-state index is 13.7. The molecule has 0 spiro atoms. The first kappa shape index (κ1) is 22.5. The van der Waals surface area contributed by atoms with Crippen LogP contribution in [0.2, 0.25) is 0 Å². The van der Waals surface area contributed by atoms with Gasteiger partial charge in [-0.2, -0.15) is 5.10 Å². The molecule has 176 valence electrons. The Morgan fingerprint density at radius 2 is 1.66 bits per heavy atom. The molecule has 4 aromatic rings. The minimum Gasteiger partial charge on any atom is -0.303 e. The molecule has 1 aliphatic heterocycles. The first-order valence-electron chi connectivity index (χ1n) is 11.7. The van der Waals surface area contributed by atoms with Gasteiger partial charge in [-0.15, -0.1) is 0 Å². The molecule has 35 heavy (non-hydrogen) atoms. The average molecular weight is 466 g/mol. The molecule has 0 atom stereocenters. The number of carbonyl (C=O) groups excluding carboxylic acids is 2. The largest absolute Gasteiger partial charge is 0.303 e. The van der Waals surface area contributed by atoms with E-state index in [1.54, 1.807) is 18.5 Å². The van der Waals surface area contributed by atoms with Gasteiger partial charge in [0.25, 0.3) is 11.8 Å². The Morgan fingerprint density at radius 1 is 0.914 bits per heavy atom. The van der Waals surface area contributed by atoms with Crippen molar-refractivity contribution in [3.63, 3.8) is 0 Å². The van der Waals surface area contributed by atoms with E-state index in [-0.39, 0.29) is 24.4 Å². The van der Waals surface area contributed by atoms with Crippen LogP contribution < -0.4 is 0 Å². The Labute approximate surface area is 204 Å². The van der Waals surface area contributed by atoms with Gasteiger partial charge >= 0.3 is 0 Å². The first-order valence-corrected chi connectivity index (χ1v) is 11.7. The number of benzene rings is 1. The number of amides is 2. The maximum Gasteiger partial charge on any atom is 0.261 e. The zero-order valence-corrected chi connectivity index (χ0v) is 20.3. The second-order valence-corrected chi connectivity index (χ2v) is 9.01. The number of rotatable bonds is 5. The van der Waals surface area contributed by atoms with E-state index >= 15 is 0 Å². The van der Waals surface area contributed by atoms with Crippen LogP contribution in [0.1, 0.15) is 58.5 Å². The molecule has 7 nitrogen and oxygen atoms in total. The van der Waals surface area contributed by atoms with Crippen molar-refractivity contribution in [2.45, 2.75) is 40.3 Å². The highest BCUT2D eigenvalue weighted by Crippen LogP contribution is 2.33. The number of hydrogen-bond acceptors (Lipinski definition) is 4. The summed E-state index contributed by atoms with van der Waals surface area (Å²) in [5.41, 5.74) is 5.27. The number of fused-ring (bicyclic) bond motifs is 1. The van der Waals surface area contributed by atoms with Crippen molar-refractivity contribution in [3.05, 3.63) is 101 Å². The summed E-state index contributed by atoms with van der Waals surface area (Å²) < 4.78 is 4.13. The Hall–Kier alpha value is -4.26. The van der Waals surface area contributed by atoms with E-state index in [9.17, 15) is 9.59 Å². The van der Waals surface area contributed by atoms with E-state index in [1.807, 2.05) is 67.1 Å². The molecule has 1 aliphatic rings. The van der Waals surface area contributed by atoms with Crippen LogP contribution in [0.3, 0.4) is 0 Å². The second kappa shape index (κ2) is 8.83. The molecule has 0 aliphatic carbocycles. The van der Waals surface area contributed by atoms with Crippen molar-refractivity contribution >= 4 is 23.5 Å². The Morgan fingerprint density at radius 3 is 2.37 bits per heavy atom. The van der Waals surface area contributed by atoms with Gasteiger partial charge in [-0.25, -0.2) is 4.68 Å². The lowest BCUT2D eigenvalue weighted by atomic mass is 9.92. The topological polar surface area (TPSA) is 73.0 Å². The van der Waals surface area contributed by atoms with E-state index in [1.165, 1.54) is 4.90 Å². The SMILES string of the molecule is Cc1cc(/C=C2\C(=O)N(Cc3ccccn3)C(=O)c3ccccc32)c(C)n1-c1ccnn1C(C)C. The predicted molar refractivity (Wildman–Crippen MR) is 135 cm³/mol.